The van der Waals surface area contributed by atoms with Gasteiger partial charge in [-0.15, -0.1) is 0 Å². The SMILES string of the molecule is C[C@@]1(c2ccc(Cl)cc2F)COc2cccc(C3CCN(Cc4nc5ccc(C(=O)O)cc5n4C[C@@H]4CCO4)CC3)c2O1. The molecule has 10 heteroatoms. The number of ether oxygens (including phenoxy) is 3. The highest BCUT2D eigenvalue weighted by atomic mass is 35.5. The normalized spacial score (nSPS) is 22.4. The fourth-order valence-electron chi connectivity index (χ4n) is 6.46. The third kappa shape index (κ3) is 5.34. The molecule has 2 saturated heterocycles. The quantitative estimate of drug-likeness (QED) is 0.261. The summed E-state index contributed by atoms with van der Waals surface area (Å²) in [5.74, 6) is 1.17. The van der Waals surface area contributed by atoms with Crippen molar-refractivity contribution in [2.24, 2.45) is 0 Å². The van der Waals surface area contributed by atoms with E-state index in [0.717, 1.165) is 61.4 Å². The van der Waals surface area contributed by atoms with Gasteiger partial charge in [0.25, 0.3) is 0 Å². The van der Waals surface area contributed by atoms with Crippen LogP contribution in [-0.4, -0.2) is 57.9 Å². The van der Waals surface area contributed by atoms with Gasteiger partial charge < -0.3 is 23.9 Å². The van der Waals surface area contributed by atoms with Crippen molar-refractivity contribution in [1.82, 2.24) is 14.5 Å². The molecule has 224 valence electrons. The van der Waals surface area contributed by atoms with E-state index < -0.39 is 17.4 Å². The summed E-state index contributed by atoms with van der Waals surface area (Å²) >= 11 is 6.00. The second kappa shape index (κ2) is 11.1. The number of carboxylic acids is 1. The average Bonchev–Trinajstić information content (AvgIpc) is 3.30. The number of para-hydroxylation sites is 1. The molecule has 7 rings (SSSR count). The third-order valence-electron chi connectivity index (χ3n) is 8.99. The Hall–Kier alpha value is -3.66. The molecular weight excluding hydrogens is 573 g/mol. The van der Waals surface area contributed by atoms with Crippen molar-refractivity contribution >= 4 is 28.6 Å². The standard InChI is InChI=1S/C33H33ClFN3O5/c1-33(25-7-6-22(34)16-26(25)35)19-42-29-4-2-3-24(31(29)43-33)20-9-12-37(13-10-20)18-30-36-27-8-5-21(32(39)40)15-28(27)38(30)17-23-11-14-41-23/h2-8,15-16,20,23H,9-14,17-19H2,1H3,(H,39,40)/t23-,33-/m0/s1. The molecule has 0 bridgehead atoms. The third-order valence-corrected chi connectivity index (χ3v) is 9.22. The number of carboxylic acid groups (broad SMARTS) is 1. The first kappa shape index (κ1) is 28.1. The number of imidazole rings is 1. The molecule has 0 saturated carbocycles. The Morgan fingerprint density at radius 1 is 1.14 bits per heavy atom. The van der Waals surface area contributed by atoms with E-state index in [1.807, 2.05) is 19.1 Å². The maximum Gasteiger partial charge on any atom is 0.335 e. The topological polar surface area (TPSA) is 86.1 Å². The van der Waals surface area contributed by atoms with Crippen LogP contribution in [0.5, 0.6) is 11.5 Å². The zero-order valence-electron chi connectivity index (χ0n) is 23.9. The van der Waals surface area contributed by atoms with Gasteiger partial charge in [-0.2, -0.15) is 0 Å². The lowest BCUT2D eigenvalue weighted by Crippen LogP contribution is -2.41. The van der Waals surface area contributed by atoms with Gasteiger partial charge in [0.2, 0.25) is 0 Å². The number of hydrogen-bond donors (Lipinski definition) is 1. The summed E-state index contributed by atoms with van der Waals surface area (Å²) in [6, 6.07) is 15.7. The van der Waals surface area contributed by atoms with Gasteiger partial charge in [-0.1, -0.05) is 29.8 Å². The summed E-state index contributed by atoms with van der Waals surface area (Å²) in [5.41, 5.74) is 2.38. The zero-order chi connectivity index (χ0) is 29.7. The van der Waals surface area contributed by atoms with E-state index in [1.165, 1.54) is 6.07 Å². The van der Waals surface area contributed by atoms with E-state index in [4.69, 9.17) is 30.8 Å². The summed E-state index contributed by atoms with van der Waals surface area (Å²) in [5, 5.41) is 9.88. The lowest BCUT2D eigenvalue weighted by molar-refractivity contribution is -0.0592. The molecule has 8 nitrogen and oxygen atoms in total. The lowest BCUT2D eigenvalue weighted by Gasteiger charge is -2.39. The molecule has 3 aliphatic rings. The van der Waals surface area contributed by atoms with Crippen molar-refractivity contribution in [1.29, 1.82) is 0 Å². The number of hydrogen-bond acceptors (Lipinski definition) is 6. The van der Waals surface area contributed by atoms with Crippen LogP contribution in [0.25, 0.3) is 11.0 Å². The first-order valence-corrected chi connectivity index (χ1v) is 15.1. The molecule has 43 heavy (non-hydrogen) atoms. The molecule has 3 aromatic carbocycles. The molecule has 0 radical (unpaired) electrons. The Morgan fingerprint density at radius 2 is 1.95 bits per heavy atom. The number of benzene rings is 3. The summed E-state index contributed by atoms with van der Waals surface area (Å²) in [6.45, 7) is 5.85. The van der Waals surface area contributed by atoms with Crippen molar-refractivity contribution in [2.45, 2.75) is 56.9 Å². The van der Waals surface area contributed by atoms with Crippen LogP contribution in [0, 0.1) is 5.82 Å². The lowest BCUT2D eigenvalue weighted by atomic mass is 9.87. The second-order valence-corrected chi connectivity index (χ2v) is 12.3. The van der Waals surface area contributed by atoms with Crippen LogP contribution < -0.4 is 9.47 Å². The number of rotatable bonds is 7. The maximum absolute atomic E-state index is 14.9. The van der Waals surface area contributed by atoms with E-state index >= 15 is 0 Å². The number of piperidine rings is 1. The number of likely N-dealkylation sites (tertiary alicyclic amines) is 1. The zero-order valence-corrected chi connectivity index (χ0v) is 24.6. The fourth-order valence-corrected chi connectivity index (χ4v) is 6.62. The molecule has 0 spiro atoms. The molecule has 4 aromatic rings. The Balaban J connectivity index is 1.09. The van der Waals surface area contributed by atoms with Crippen molar-refractivity contribution in [3.05, 3.63) is 88.0 Å². The van der Waals surface area contributed by atoms with Crippen LogP contribution in [-0.2, 0) is 23.4 Å². The van der Waals surface area contributed by atoms with Gasteiger partial charge in [0.15, 0.2) is 17.1 Å². The molecule has 0 unspecified atom stereocenters. The van der Waals surface area contributed by atoms with Gasteiger partial charge in [0, 0.05) is 22.8 Å². The van der Waals surface area contributed by atoms with Crippen molar-refractivity contribution in [3.8, 4) is 11.5 Å². The number of nitrogens with zero attached hydrogens (tertiary/aromatic N) is 3. The predicted octanol–water partition coefficient (Wildman–Crippen LogP) is 6.38. The van der Waals surface area contributed by atoms with Gasteiger partial charge in [0.05, 0.1) is 35.8 Å². The number of halogens is 2. The van der Waals surface area contributed by atoms with Crippen LogP contribution in [0.15, 0.2) is 54.6 Å². The summed E-state index contributed by atoms with van der Waals surface area (Å²) in [4.78, 5) is 18.9. The molecule has 0 amide bonds. The first-order valence-electron chi connectivity index (χ1n) is 14.7. The van der Waals surface area contributed by atoms with Crippen LogP contribution >= 0.6 is 11.6 Å². The minimum atomic E-state index is -0.984. The first-order chi connectivity index (χ1) is 20.8. The van der Waals surface area contributed by atoms with Gasteiger partial charge >= 0.3 is 5.97 Å². The van der Waals surface area contributed by atoms with Gasteiger partial charge in [-0.3, -0.25) is 4.90 Å². The predicted molar refractivity (Wildman–Crippen MR) is 160 cm³/mol. The molecule has 1 aromatic heterocycles. The Kier molecular flexibility index (Phi) is 7.27. The van der Waals surface area contributed by atoms with Crippen LogP contribution in [0.2, 0.25) is 5.02 Å². The van der Waals surface area contributed by atoms with E-state index in [-0.39, 0.29) is 24.2 Å². The summed E-state index contributed by atoms with van der Waals surface area (Å²) < 4.78 is 35.5. The van der Waals surface area contributed by atoms with Crippen molar-refractivity contribution in [3.63, 3.8) is 0 Å². The summed E-state index contributed by atoms with van der Waals surface area (Å²) in [6.07, 6.45) is 2.94. The Bertz CT molecular complexity index is 1700. The Morgan fingerprint density at radius 3 is 2.67 bits per heavy atom. The van der Waals surface area contributed by atoms with Crippen LogP contribution in [0.3, 0.4) is 0 Å². The highest BCUT2D eigenvalue weighted by molar-refractivity contribution is 6.30. The summed E-state index contributed by atoms with van der Waals surface area (Å²) in [7, 11) is 0. The molecular formula is C33H33ClFN3O5. The van der Waals surface area contributed by atoms with E-state index in [0.29, 0.717) is 35.2 Å². The van der Waals surface area contributed by atoms with E-state index in [2.05, 4.69) is 15.5 Å². The molecule has 2 atom stereocenters. The highest BCUT2D eigenvalue weighted by Gasteiger charge is 2.39. The van der Waals surface area contributed by atoms with Crippen LogP contribution in [0.4, 0.5) is 4.39 Å². The van der Waals surface area contributed by atoms with Crippen LogP contribution in [0.1, 0.15) is 59.4 Å². The number of fused-ring (bicyclic) bond motifs is 2. The average molecular weight is 606 g/mol. The minimum Gasteiger partial charge on any atom is -0.485 e. The largest absolute Gasteiger partial charge is 0.485 e. The van der Waals surface area contributed by atoms with Gasteiger partial charge in [-0.05, 0) is 81.6 Å². The van der Waals surface area contributed by atoms with Gasteiger partial charge in [0.1, 0.15) is 18.2 Å². The fraction of sp³-hybridized carbons (Fsp3) is 0.394. The second-order valence-electron chi connectivity index (χ2n) is 11.9. The number of aromatic carboxylic acids is 1. The molecule has 4 heterocycles. The van der Waals surface area contributed by atoms with E-state index in [9.17, 15) is 14.3 Å². The maximum atomic E-state index is 14.9. The number of carbonyl (C=O) groups is 1. The Labute approximate surface area is 253 Å². The monoisotopic (exact) mass is 605 g/mol. The van der Waals surface area contributed by atoms with Gasteiger partial charge in [-0.25, -0.2) is 14.2 Å². The molecule has 2 fully saturated rings. The molecule has 1 N–H and O–H groups in total. The minimum absolute atomic E-state index is 0.119. The number of aromatic nitrogens is 2. The van der Waals surface area contributed by atoms with Crippen molar-refractivity contribution < 1.29 is 28.5 Å². The van der Waals surface area contributed by atoms with E-state index in [1.54, 1.807) is 30.3 Å². The van der Waals surface area contributed by atoms with Crippen molar-refractivity contribution in [2.75, 3.05) is 26.3 Å². The molecule has 3 aliphatic heterocycles. The molecule has 0 aliphatic carbocycles. The highest BCUT2D eigenvalue weighted by Crippen LogP contribution is 2.46. The smallest absolute Gasteiger partial charge is 0.335 e.